The Kier molecular flexibility index (Phi) is 4.50. The van der Waals surface area contributed by atoms with Gasteiger partial charge in [0.1, 0.15) is 0 Å². The highest BCUT2D eigenvalue weighted by Crippen LogP contribution is 2.29. The summed E-state index contributed by atoms with van der Waals surface area (Å²) in [4.78, 5) is 4.19. The van der Waals surface area contributed by atoms with E-state index in [1.54, 1.807) is 30.3 Å². The quantitative estimate of drug-likeness (QED) is 0.657. The summed E-state index contributed by atoms with van der Waals surface area (Å²) < 4.78 is 24.2. The number of ether oxygens (including phenoxy) is 1. The second kappa shape index (κ2) is 6.56. The average Bonchev–Trinajstić information content (AvgIpc) is 2.97. The minimum Gasteiger partial charge on any atom is -0.482 e. The zero-order valence-electron chi connectivity index (χ0n) is 12.0. The fourth-order valence-corrected chi connectivity index (χ4v) is 2.44. The molecule has 0 aliphatic heterocycles. The van der Waals surface area contributed by atoms with E-state index in [9.17, 15) is 4.39 Å². The largest absolute Gasteiger partial charge is 0.482 e. The van der Waals surface area contributed by atoms with E-state index in [4.69, 9.17) is 32.5 Å². The molecule has 0 aliphatic carbocycles. The third kappa shape index (κ3) is 3.63. The summed E-state index contributed by atoms with van der Waals surface area (Å²) in [7, 11) is 0. The Morgan fingerprint density at radius 1 is 1.17 bits per heavy atom. The molecule has 0 unspecified atom stereocenters. The molecule has 0 bridgehead atoms. The van der Waals surface area contributed by atoms with E-state index >= 15 is 0 Å². The van der Waals surface area contributed by atoms with Crippen LogP contribution in [0.2, 0.25) is 10.0 Å². The van der Waals surface area contributed by atoms with Crippen molar-refractivity contribution in [2.24, 2.45) is 0 Å². The molecule has 3 rings (SSSR count). The standard InChI is InChI=1S/C16H11Cl2FN2O2/c1-9-2-5-13(19)14(6-9)22-8-15-20-16(23-21-15)11-4-3-10(17)7-12(11)18/h2-7H,8H2,1H3. The van der Waals surface area contributed by atoms with Crippen LogP contribution in [0.25, 0.3) is 11.5 Å². The van der Waals surface area contributed by atoms with Crippen LogP contribution in [-0.2, 0) is 6.61 Å². The highest BCUT2D eigenvalue weighted by atomic mass is 35.5. The van der Waals surface area contributed by atoms with Gasteiger partial charge in [0.2, 0.25) is 5.82 Å². The summed E-state index contributed by atoms with van der Waals surface area (Å²) in [6.07, 6.45) is 0. The fraction of sp³-hybridized carbons (Fsp3) is 0.125. The van der Waals surface area contributed by atoms with Crippen LogP contribution in [0.5, 0.6) is 5.75 Å². The summed E-state index contributed by atoms with van der Waals surface area (Å²) in [6, 6.07) is 9.55. The minimum atomic E-state index is -0.444. The predicted octanol–water partition coefficient (Wildman–Crippen LogP) is 5.07. The van der Waals surface area contributed by atoms with E-state index in [2.05, 4.69) is 10.1 Å². The smallest absolute Gasteiger partial charge is 0.259 e. The number of aryl methyl sites for hydroxylation is 1. The lowest BCUT2D eigenvalue weighted by Crippen LogP contribution is -1.99. The van der Waals surface area contributed by atoms with Crippen LogP contribution in [0.3, 0.4) is 0 Å². The van der Waals surface area contributed by atoms with E-state index in [1.165, 1.54) is 6.07 Å². The van der Waals surface area contributed by atoms with Gasteiger partial charge in [0, 0.05) is 5.02 Å². The molecule has 1 aromatic heterocycles. The summed E-state index contributed by atoms with van der Waals surface area (Å²) in [5.74, 6) is 0.225. The molecule has 4 nitrogen and oxygen atoms in total. The predicted molar refractivity (Wildman–Crippen MR) is 85.2 cm³/mol. The van der Waals surface area contributed by atoms with Gasteiger partial charge in [-0.2, -0.15) is 4.98 Å². The van der Waals surface area contributed by atoms with Crippen molar-refractivity contribution in [3.05, 3.63) is 63.6 Å². The Hall–Kier alpha value is -2.11. The van der Waals surface area contributed by atoms with E-state index < -0.39 is 5.82 Å². The zero-order chi connectivity index (χ0) is 16.4. The molecular formula is C16H11Cl2FN2O2. The first-order chi connectivity index (χ1) is 11.0. The van der Waals surface area contributed by atoms with Crippen LogP contribution >= 0.6 is 23.2 Å². The van der Waals surface area contributed by atoms with Crippen molar-refractivity contribution in [3.63, 3.8) is 0 Å². The summed E-state index contributed by atoms with van der Waals surface area (Å²) in [5.41, 5.74) is 1.46. The number of halogens is 3. The van der Waals surface area contributed by atoms with Gasteiger partial charge in [-0.15, -0.1) is 0 Å². The van der Waals surface area contributed by atoms with Crippen LogP contribution < -0.4 is 4.74 Å². The molecule has 1 heterocycles. The fourth-order valence-electron chi connectivity index (χ4n) is 1.95. The third-order valence-electron chi connectivity index (χ3n) is 3.07. The SMILES string of the molecule is Cc1ccc(F)c(OCc2noc(-c3ccc(Cl)cc3Cl)n2)c1. The van der Waals surface area contributed by atoms with E-state index in [0.29, 0.717) is 15.6 Å². The third-order valence-corrected chi connectivity index (χ3v) is 3.62. The van der Waals surface area contributed by atoms with Gasteiger partial charge in [0.05, 0.1) is 10.6 Å². The van der Waals surface area contributed by atoms with Crippen LogP contribution in [0.4, 0.5) is 4.39 Å². The number of nitrogens with zero attached hydrogens (tertiary/aromatic N) is 2. The molecule has 0 N–H and O–H groups in total. The van der Waals surface area contributed by atoms with Crippen molar-refractivity contribution >= 4 is 23.2 Å². The van der Waals surface area contributed by atoms with Crippen LogP contribution in [0.1, 0.15) is 11.4 Å². The van der Waals surface area contributed by atoms with Crippen LogP contribution in [0.15, 0.2) is 40.9 Å². The molecule has 0 amide bonds. The molecule has 0 radical (unpaired) electrons. The maximum atomic E-state index is 13.6. The first kappa shape index (κ1) is 15.8. The molecule has 7 heteroatoms. The zero-order valence-corrected chi connectivity index (χ0v) is 13.5. The Labute approximate surface area is 141 Å². The number of rotatable bonds is 4. The molecule has 0 fully saturated rings. The Bertz CT molecular complexity index is 852. The lowest BCUT2D eigenvalue weighted by molar-refractivity contribution is 0.273. The van der Waals surface area contributed by atoms with Crippen molar-refractivity contribution in [1.82, 2.24) is 10.1 Å². The van der Waals surface area contributed by atoms with Crippen molar-refractivity contribution in [2.75, 3.05) is 0 Å². The molecule has 118 valence electrons. The Morgan fingerprint density at radius 2 is 2.00 bits per heavy atom. The van der Waals surface area contributed by atoms with Crippen molar-refractivity contribution < 1.29 is 13.7 Å². The Balaban J connectivity index is 1.76. The highest BCUT2D eigenvalue weighted by Gasteiger charge is 2.13. The molecule has 2 aromatic carbocycles. The minimum absolute atomic E-state index is 0.0188. The topological polar surface area (TPSA) is 48.2 Å². The van der Waals surface area contributed by atoms with Crippen molar-refractivity contribution in [2.45, 2.75) is 13.5 Å². The van der Waals surface area contributed by atoms with Gasteiger partial charge in [0.15, 0.2) is 18.2 Å². The van der Waals surface area contributed by atoms with Crippen LogP contribution in [0, 0.1) is 12.7 Å². The molecule has 0 atom stereocenters. The summed E-state index contributed by atoms with van der Waals surface area (Å²) >= 11 is 11.9. The van der Waals surface area contributed by atoms with Gasteiger partial charge in [-0.05, 0) is 42.8 Å². The van der Waals surface area contributed by atoms with E-state index in [1.807, 2.05) is 6.92 Å². The summed E-state index contributed by atoms with van der Waals surface area (Å²) in [5, 5.41) is 4.71. The van der Waals surface area contributed by atoms with Crippen LogP contribution in [-0.4, -0.2) is 10.1 Å². The molecule has 0 aliphatic rings. The summed E-state index contributed by atoms with van der Waals surface area (Å²) in [6.45, 7) is 1.83. The molecular weight excluding hydrogens is 342 g/mol. The van der Waals surface area contributed by atoms with Gasteiger partial charge in [-0.3, -0.25) is 0 Å². The first-order valence-electron chi connectivity index (χ1n) is 6.70. The molecule has 0 saturated heterocycles. The number of aromatic nitrogens is 2. The van der Waals surface area contributed by atoms with E-state index in [0.717, 1.165) is 5.56 Å². The first-order valence-corrected chi connectivity index (χ1v) is 7.45. The van der Waals surface area contributed by atoms with Gasteiger partial charge in [0.25, 0.3) is 5.89 Å². The lowest BCUT2D eigenvalue weighted by atomic mass is 10.2. The highest BCUT2D eigenvalue weighted by molar-refractivity contribution is 6.36. The van der Waals surface area contributed by atoms with Crippen molar-refractivity contribution in [3.8, 4) is 17.2 Å². The normalized spacial score (nSPS) is 10.8. The molecule has 0 spiro atoms. The average molecular weight is 353 g/mol. The van der Waals surface area contributed by atoms with E-state index in [-0.39, 0.29) is 24.1 Å². The second-order valence-corrected chi connectivity index (χ2v) is 5.71. The lowest BCUT2D eigenvalue weighted by Gasteiger charge is -2.05. The number of hydrogen-bond acceptors (Lipinski definition) is 4. The van der Waals surface area contributed by atoms with Gasteiger partial charge in [-0.25, -0.2) is 4.39 Å². The van der Waals surface area contributed by atoms with Gasteiger partial charge < -0.3 is 9.26 Å². The van der Waals surface area contributed by atoms with Gasteiger partial charge >= 0.3 is 0 Å². The van der Waals surface area contributed by atoms with Gasteiger partial charge in [-0.1, -0.05) is 34.4 Å². The number of hydrogen-bond donors (Lipinski definition) is 0. The monoisotopic (exact) mass is 352 g/mol. The molecule has 3 aromatic rings. The maximum absolute atomic E-state index is 13.6. The van der Waals surface area contributed by atoms with Crippen molar-refractivity contribution in [1.29, 1.82) is 0 Å². The second-order valence-electron chi connectivity index (χ2n) is 4.86. The Morgan fingerprint density at radius 3 is 2.78 bits per heavy atom. The molecule has 0 saturated carbocycles. The maximum Gasteiger partial charge on any atom is 0.259 e. The number of benzene rings is 2. The molecule has 23 heavy (non-hydrogen) atoms.